The third-order valence-electron chi connectivity index (χ3n) is 3.14. The van der Waals surface area contributed by atoms with E-state index in [9.17, 15) is 4.79 Å². The molecule has 1 heterocycles. The van der Waals surface area contributed by atoms with Crippen molar-refractivity contribution in [3.8, 4) is 0 Å². The van der Waals surface area contributed by atoms with Gasteiger partial charge in [0.05, 0.1) is 10.2 Å². The number of aryl methyl sites for hydroxylation is 1. The van der Waals surface area contributed by atoms with Crippen LogP contribution in [0.15, 0.2) is 65.7 Å². The Morgan fingerprint density at radius 2 is 1.81 bits per heavy atom. The number of rotatable bonds is 2. The molecule has 0 aliphatic heterocycles. The molecule has 0 saturated carbocycles. The van der Waals surface area contributed by atoms with Crippen LogP contribution in [0.25, 0.3) is 16.3 Å². The Kier molecular flexibility index (Phi) is 3.79. The van der Waals surface area contributed by atoms with Crippen molar-refractivity contribution < 1.29 is 4.79 Å². The van der Waals surface area contributed by atoms with Crippen molar-refractivity contribution in [2.24, 2.45) is 12.0 Å². The van der Waals surface area contributed by atoms with Gasteiger partial charge in [-0.1, -0.05) is 53.8 Å². The second-order valence-corrected chi connectivity index (χ2v) is 5.61. The molecule has 4 heteroatoms. The maximum Gasteiger partial charge on any atom is 0.272 e. The van der Waals surface area contributed by atoms with Gasteiger partial charge in [-0.25, -0.2) is 0 Å². The maximum absolute atomic E-state index is 12.0. The van der Waals surface area contributed by atoms with E-state index in [0.29, 0.717) is 4.80 Å². The van der Waals surface area contributed by atoms with Crippen LogP contribution in [-0.2, 0) is 11.8 Å². The molecule has 21 heavy (non-hydrogen) atoms. The first-order valence-corrected chi connectivity index (χ1v) is 7.42. The monoisotopic (exact) mass is 294 g/mol. The van der Waals surface area contributed by atoms with Crippen molar-refractivity contribution in [1.82, 2.24) is 4.57 Å². The Bertz CT molecular complexity index is 872. The topological polar surface area (TPSA) is 34.4 Å². The molecule has 0 N–H and O–H groups in total. The van der Waals surface area contributed by atoms with E-state index >= 15 is 0 Å². The average molecular weight is 294 g/mol. The summed E-state index contributed by atoms with van der Waals surface area (Å²) in [7, 11) is 1.92. The summed E-state index contributed by atoms with van der Waals surface area (Å²) in [6.45, 7) is 0. The van der Waals surface area contributed by atoms with Gasteiger partial charge in [-0.3, -0.25) is 4.79 Å². The fourth-order valence-electron chi connectivity index (χ4n) is 2.05. The molecule has 2 aromatic carbocycles. The fraction of sp³-hybridized carbons (Fsp3) is 0.0588. The lowest BCUT2D eigenvalue weighted by Gasteiger charge is -1.93. The Morgan fingerprint density at radius 1 is 1.10 bits per heavy atom. The van der Waals surface area contributed by atoms with Crippen LogP contribution < -0.4 is 4.80 Å². The van der Waals surface area contributed by atoms with Crippen LogP contribution in [0.5, 0.6) is 0 Å². The number of amides is 1. The van der Waals surface area contributed by atoms with Crippen LogP contribution in [0.3, 0.4) is 0 Å². The Labute approximate surface area is 126 Å². The molecule has 3 aromatic rings. The third-order valence-corrected chi connectivity index (χ3v) is 4.25. The molecule has 0 aliphatic carbocycles. The molecule has 0 unspecified atom stereocenters. The van der Waals surface area contributed by atoms with Crippen LogP contribution in [0.4, 0.5) is 0 Å². The highest BCUT2D eigenvalue weighted by Crippen LogP contribution is 2.15. The minimum Gasteiger partial charge on any atom is -0.319 e. The highest BCUT2D eigenvalue weighted by Gasteiger charge is 2.02. The summed E-state index contributed by atoms with van der Waals surface area (Å²) in [6, 6.07) is 17.7. The number of para-hydroxylation sites is 1. The van der Waals surface area contributed by atoms with Crippen LogP contribution in [0, 0.1) is 0 Å². The molecule has 0 fully saturated rings. The van der Waals surface area contributed by atoms with E-state index < -0.39 is 0 Å². The number of hydrogen-bond donors (Lipinski definition) is 0. The first kappa shape index (κ1) is 13.5. The Morgan fingerprint density at radius 3 is 2.57 bits per heavy atom. The molecule has 0 spiro atoms. The van der Waals surface area contributed by atoms with Crippen LogP contribution in [-0.4, -0.2) is 10.5 Å². The molecule has 1 aromatic heterocycles. The zero-order chi connectivity index (χ0) is 14.7. The van der Waals surface area contributed by atoms with Gasteiger partial charge in [0.25, 0.3) is 5.91 Å². The summed E-state index contributed by atoms with van der Waals surface area (Å²) < 4.78 is 3.06. The van der Waals surface area contributed by atoms with Crippen molar-refractivity contribution in [3.05, 3.63) is 71.0 Å². The summed E-state index contributed by atoms with van der Waals surface area (Å²) in [4.78, 5) is 16.8. The van der Waals surface area contributed by atoms with E-state index in [1.807, 2.05) is 66.2 Å². The average Bonchev–Trinajstić information content (AvgIpc) is 2.83. The minimum atomic E-state index is -0.249. The van der Waals surface area contributed by atoms with Crippen molar-refractivity contribution in [2.45, 2.75) is 0 Å². The van der Waals surface area contributed by atoms with E-state index in [2.05, 4.69) is 4.99 Å². The highest BCUT2D eigenvalue weighted by molar-refractivity contribution is 7.16. The van der Waals surface area contributed by atoms with Gasteiger partial charge in [0.15, 0.2) is 4.80 Å². The molecular weight excluding hydrogens is 280 g/mol. The van der Waals surface area contributed by atoms with E-state index in [4.69, 9.17) is 0 Å². The lowest BCUT2D eigenvalue weighted by atomic mass is 10.2. The van der Waals surface area contributed by atoms with Gasteiger partial charge in [-0.2, -0.15) is 4.99 Å². The quantitative estimate of drug-likeness (QED) is 0.667. The lowest BCUT2D eigenvalue weighted by molar-refractivity contribution is -0.113. The van der Waals surface area contributed by atoms with Crippen molar-refractivity contribution in [2.75, 3.05) is 0 Å². The van der Waals surface area contributed by atoms with Gasteiger partial charge in [-0.15, -0.1) is 0 Å². The first-order valence-electron chi connectivity index (χ1n) is 6.60. The lowest BCUT2D eigenvalue weighted by Crippen LogP contribution is -2.12. The molecule has 0 aliphatic rings. The molecule has 3 rings (SSSR count). The minimum absolute atomic E-state index is 0.249. The summed E-state index contributed by atoms with van der Waals surface area (Å²) in [5.74, 6) is -0.249. The van der Waals surface area contributed by atoms with Crippen molar-refractivity contribution in [1.29, 1.82) is 0 Å². The van der Waals surface area contributed by atoms with E-state index in [-0.39, 0.29) is 5.91 Å². The number of thiazole rings is 1. The number of benzene rings is 2. The molecular formula is C17H14N2OS. The van der Waals surface area contributed by atoms with Gasteiger partial charge in [-0.05, 0) is 23.8 Å². The maximum atomic E-state index is 12.0. The largest absolute Gasteiger partial charge is 0.319 e. The van der Waals surface area contributed by atoms with Gasteiger partial charge in [0.2, 0.25) is 0 Å². The van der Waals surface area contributed by atoms with Crippen molar-refractivity contribution >= 4 is 33.5 Å². The zero-order valence-corrected chi connectivity index (χ0v) is 12.4. The van der Waals surface area contributed by atoms with E-state index in [0.717, 1.165) is 15.8 Å². The molecule has 104 valence electrons. The molecule has 0 radical (unpaired) electrons. The number of fused-ring (bicyclic) bond motifs is 1. The van der Waals surface area contributed by atoms with Crippen LogP contribution >= 0.6 is 11.3 Å². The SMILES string of the molecule is Cn1c(=NC(=O)/C=C/c2ccccc2)sc2ccccc21. The summed E-state index contributed by atoms with van der Waals surface area (Å²) >= 11 is 1.52. The smallest absolute Gasteiger partial charge is 0.272 e. The summed E-state index contributed by atoms with van der Waals surface area (Å²) in [5, 5.41) is 0. The van der Waals surface area contributed by atoms with Crippen LogP contribution in [0.1, 0.15) is 5.56 Å². The number of carbonyl (C=O) groups is 1. The number of nitrogens with zero attached hydrogens (tertiary/aromatic N) is 2. The normalized spacial score (nSPS) is 12.3. The first-order chi connectivity index (χ1) is 10.2. The standard InChI is InChI=1S/C17H14N2OS/c1-19-14-9-5-6-10-15(14)21-17(19)18-16(20)12-11-13-7-3-2-4-8-13/h2-12H,1H3/b12-11+,18-17?. The van der Waals surface area contributed by atoms with Gasteiger partial charge >= 0.3 is 0 Å². The third kappa shape index (κ3) is 3.01. The van der Waals surface area contributed by atoms with Crippen molar-refractivity contribution in [3.63, 3.8) is 0 Å². The fourth-order valence-corrected chi connectivity index (χ4v) is 3.08. The Hall–Kier alpha value is -2.46. The van der Waals surface area contributed by atoms with Gasteiger partial charge < -0.3 is 4.57 Å². The second kappa shape index (κ2) is 5.89. The summed E-state index contributed by atoms with van der Waals surface area (Å²) in [6.07, 6.45) is 3.28. The molecule has 1 amide bonds. The van der Waals surface area contributed by atoms with Crippen LogP contribution in [0.2, 0.25) is 0 Å². The predicted molar refractivity (Wildman–Crippen MR) is 86.8 cm³/mol. The number of hydrogen-bond acceptors (Lipinski definition) is 2. The number of aromatic nitrogens is 1. The van der Waals surface area contributed by atoms with Gasteiger partial charge in [0.1, 0.15) is 0 Å². The summed E-state index contributed by atoms with van der Waals surface area (Å²) in [5.41, 5.74) is 2.07. The zero-order valence-electron chi connectivity index (χ0n) is 11.6. The number of carbonyl (C=O) groups excluding carboxylic acids is 1. The molecule has 0 bridgehead atoms. The molecule has 0 atom stereocenters. The van der Waals surface area contributed by atoms with E-state index in [1.165, 1.54) is 17.4 Å². The predicted octanol–water partition coefficient (Wildman–Crippen LogP) is 3.38. The van der Waals surface area contributed by atoms with E-state index in [1.54, 1.807) is 6.08 Å². The Balaban J connectivity index is 1.91. The highest BCUT2D eigenvalue weighted by atomic mass is 32.1. The molecule has 0 saturated heterocycles. The van der Waals surface area contributed by atoms with Gasteiger partial charge in [0, 0.05) is 13.1 Å². The second-order valence-electron chi connectivity index (χ2n) is 4.61. The molecule has 3 nitrogen and oxygen atoms in total.